The predicted molar refractivity (Wildman–Crippen MR) is 119 cm³/mol. The van der Waals surface area contributed by atoms with Gasteiger partial charge < -0.3 is 19.6 Å². The van der Waals surface area contributed by atoms with Crippen LogP contribution in [0.2, 0.25) is 0 Å². The van der Waals surface area contributed by atoms with Crippen molar-refractivity contribution in [3.63, 3.8) is 0 Å². The van der Waals surface area contributed by atoms with Gasteiger partial charge >= 0.3 is 0 Å². The Hall–Kier alpha value is -1.60. The fourth-order valence-electron chi connectivity index (χ4n) is 5.35. The van der Waals surface area contributed by atoms with Crippen LogP contribution in [0.4, 0.5) is 5.82 Å². The Kier molecular flexibility index (Phi) is 6.98. The number of hydrogen-bond acceptors (Lipinski definition) is 6. The van der Waals surface area contributed by atoms with Gasteiger partial charge in [0.05, 0.1) is 0 Å². The van der Waals surface area contributed by atoms with Crippen LogP contribution < -0.4 is 10.2 Å². The molecule has 1 aromatic rings. The first-order chi connectivity index (χ1) is 14.5. The third kappa shape index (κ3) is 4.83. The molecule has 3 atom stereocenters. The zero-order valence-electron chi connectivity index (χ0n) is 19.0. The average molecular weight is 418 g/mol. The Labute approximate surface area is 181 Å². The van der Waals surface area contributed by atoms with Gasteiger partial charge in [-0.15, -0.1) is 0 Å². The second-order valence-electron chi connectivity index (χ2n) is 9.83. The summed E-state index contributed by atoms with van der Waals surface area (Å²) in [7, 11) is 0. The average Bonchev–Trinajstić information content (AvgIpc) is 3.38. The first-order valence-electron chi connectivity index (χ1n) is 12.0. The van der Waals surface area contributed by atoms with E-state index in [-0.39, 0.29) is 17.7 Å². The van der Waals surface area contributed by atoms with Crippen molar-refractivity contribution in [2.24, 2.45) is 11.8 Å². The van der Waals surface area contributed by atoms with Gasteiger partial charge in [-0.2, -0.15) is 0 Å². The minimum atomic E-state index is -0.244. The summed E-state index contributed by atoms with van der Waals surface area (Å²) in [6.45, 7) is 14.8. The topological polar surface area (TPSA) is 64.9 Å². The lowest BCUT2D eigenvalue weighted by molar-refractivity contribution is -0.134. The minimum absolute atomic E-state index is 0.187. The molecule has 1 aromatic heterocycles. The van der Waals surface area contributed by atoms with Crippen LogP contribution in [0.3, 0.4) is 0 Å². The zero-order chi connectivity index (χ0) is 21.1. The maximum atomic E-state index is 13.2. The number of piperazine rings is 1. The third-order valence-electron chi connectivity index (χ3n) is 7.20. The summed E-state index contributed by atoms with van der Waals surface area (Å²) in [6, 6.07) is 2.35. The number of amides is 1. The summed E-state index contributed by atoms with van der Waals surface area (Å²) in [4.78, 5) is 20.2. The Morgan fingerprint density at radius 3 is 2.63 bits per heavy atom. The normalized spacial score (nSPS) is 27.1. The molecule has 3 aliphatic rings. The van der Waals surface area contributed by atoms with Crippen molar-refractivity contribution in [3.05, 3.63) is 11.8 Å². The lowest BCUT2D eigenvalue weighted by atomic mass is 9.91. The van der Waals surface area contributed by atoms with E-state index in [4.69, 9.17) is 4.52 Å². The molecule has 30 heavy (non-hydrogen) atoms. The van der Waals surface area contributed by atoms with E-state index in [2.05, 4.69) is 41.0 Å². The summed E-state index contributed by atoms with van der Waals surface area (Å²) in [6.07, 6.45) is 4.85. The Morgan fingerprint density at radius 1 is 1.20 bits per heavy atom. The lowest BCUT2D eigenvalue weighted by Gasteiger charge is -2.37. The second-order valence-corrected chi connectivity index (χ2v) is 9.83. The van der Waals surface area contributed by atoms with Gasteiger partial charge in [0.1, 0.15) is 5.92 Å². The summed E-state index contributed by atoms with van der Waals surface area (Å²) in [5, 5.41) is 7.89. The van der Waals surface area contributed by atoms with E-state index >= 15 is 0 Å². The molecule has 3 aliphatic heterocycles. The van der Waals surface area contributed by atoms with Gasteiger partial charge in [-0.3, -0.25) is 9.69 Å². The number of carbonyl (C=O) groups excluding carboxylic acids is 1. The molecular weight excluding hydrogens is 378 g/mol. The minimum Gasteiger partial charge on any atom is -0.358 e. The first-order valence-corrected chi connectivity index (χ1v) is 12.0. The number of anilines is 1. The van der Waals surface area contributed by atoms with E-state index < -0.39 is 0 Å². The number of piperidine rings is 1. The molecule has 7 nitrogen and oxygen atoms in total. The Balaban J connectivity index is 1.35. The number of nitrogens with zero attached hydrogens (tertiary/aromatic N) is 4. The molecule has 0 bridgehead atoms. The van der Waals surface area contributed by atoms with Crippen LogP contribution in [-0.2, 0) is 4.79 Å². The molecule has 3 unspecified atom stereocenters. The van der Waals surface area contributed by atoms with Crippen molar-refractivity contribution in [2.45, 2.75) is 58.4 Å². The lowest BCUT2D eigenvalue weighted by Crippen LogP contribution is -2.49. The number of rotatable bonds is 6. The van der Waals surface area contributed by atoms with Gasteiger partial charge in [-0.25, -0.2) is 0 Å². The molecular formula is C23H39N5O2. The fourth-order valence-corrected chi connectivity index (χ4v) is 5.35. The highest BCUT2D eigenvalue weighted by molar-refractivity contribution is 5.84. The molecule has 3 saturated heterocycles. The molecule has 3 fully saturated rings. The number of likely N-dealkylation sites (tertiary alicyclic amines) is 1. The number of carbonyl (C=O) groups is 1. The van der Waals surface area contributed by atoms with Crippen molar-refractivity contribution < 1.29 is 9.32 Å². The van der Waals surface area contributed by atoms with Crippen molar-refractivity contribution in [1.29, 1.82) is 0 Å². The molecule has 1 amide bonds. The van der Waals surface area contributed by atoms with Crippen LogP contribution in [0.25, 0.3) is 0 Å². The summed E-state index contributed by atoms with van der Waals surface area (Å²) < 4.78 is 5.74. The molecule has 168 valence electrons. The van der Waals surface area contributed by atoms with Crippen LogP contribution >= 0.6 is 0 Å². The molecule has 1 N–H and O–H groups in total. The highest BCUT2D eigenvalue weighted by Gasteiger charge is 2.36. The monoisotopic (exact) mass is 417 g/mol. The van der Waals surface area contributed by atoms with Crippen molar-refractivity contribution >= 4 is 11.7 Å². The van der Waals surface area contributed by atoms with Crippen LogP contribution in [0.1, 0.15) is 58.1 Å². The summed E-state index contributed by atoms with van der Waals surface area (Å²) >= 11 is 0. The van der Waals surface area contributed by atoms with E-state index in [1.165, 1.54) is 25.9 Å². The summed E-state index contributed by atoms with van der Waals surface area (Å²) in [5.74, 6) is 2.54. The Morgan fingerprint density at radius 2 is 2.00 bits per heavy atom. The van der Waals surface area contributed by atoms with Gasteiger partial charge in [0, 0.05) is 51.4 Å². The van der Waals surface area contributed by atoms with Crippen LogP contribution in [0.5, 0.6) is 0 Å². The molecule has 0 aliphatic carbocycles. The highest BCUT2D eigenvalue weighted by Crippen LogP contribution is 2.32. The standard InChI is InChI=1S/C23H39N5O2/c1-17(2)22(23(29)28-9-5-6-18(28)3)20-14-21(25-30-20)27-12-10-26(11-13-27)16-19-7-4-8-24-15-19/h14,17-19,22,24H,4-13,15-16H2,1-3H3. The fraction of sp³-hybridized carbons (Fsp3) is 0.826. The SMILES string of the molecule is CC(C)C(C(=O)N1CCCC1C)c1cc(N2CCN(CC3CCCNC3)CC2)no1. The number of hydrogen-bond donors (Lipinski definition) is 1. The largest absolute Gasteiger partial charge is 0.358 e. The quantitative estimate of drug-likeness (QED) is 0.767. The maximum Gasteiger partial charge on any atom is 0.233 e. The van der Waals surface area contributed by atoms with E-state index in [0.29, 0.717) is 6.04 Å². The molecule has 0 radical (unpaired) electrons. The second kappa shape index (κ2) is 9.69. The van der Waals surface area contributed by atoms with Crippen LogP contribution in [0.15, 0.2) is 10.6 Å². The van der Waals surface area contributed by atoms with E-state index in [0.717, 1.165) is 69.6 Å². The van der Waals surface area contributed by atoms with Gasteiger partial charge in [0.15, 0.2) is 11.6 Å². The van der Waals surface area contributed by atoms with Gasteiger partial charge in [-0.05, 0) is 57.5 Å². The van der Waals surface area contributed by atoms with Crippen LogP contribution in [0, 0.1) is 11.8 Å². The molecule has 0 saturated carbocycles. The highest BCUT2D eigenvalue weighted by atomic mass is 16.5. The van der Waals surface area contributed by atoms with E-state index in [1.54, 1.807) is 0 Å². The van der Waals surface area contributed by atoms with Crippen LogP contribution in [-0.4, -0.2) is 79.3 Å². The molecule has 4 rings (SSSR count). The number of nitrogens with one attached hydrogen (secondary N) is 1. The van der Waals surface area contributed by atoms with Crippen molar-refractivity contribution in [2.75, 3.05) is 57.3 Å². The van der Waals surface area contributed by atoms with E-state index in [1.807, 2.05) is 11.0 Å². The van der Waals surface area contributed by atoms with Crippen molar-refractivity contribution in [1.82, 2.24) is 20.3 Å². The van der Waals surface area contributed by atoms with Gasteiger partial charge in [-0.1, -0.05) is 19.0 Å². The maximum absolute atomic E-state index is 13.2. The first kappa shape index (κ1) is 21.6. The van der Waals surface area contributed by atoms with Gasteiger partial charge in [0.2, 0.25) is 5.91 Å². The smallest absolute Gasteiger partial charge is 0.233 e. The molecule has 0 aromatic carbocycles. The third-order valence-corrected chi connectivity index (χ3v) is 7.20. The van der Waals surface area contributed by atoms with E-state index in [9.17, 15) is 4.79 Å². The zero-order valence-corrected chi connectivity index (χ0v) is 19.0. The molecule has 7 heteroatoms. The molecule has 4 heterocycles. The Bertz CT molecular complexity index is 692. The number of aromatic nitrogens is 1. The molecule has 0 spiro atoms. The van der Waals surface area contributed by atoms with Gasteiger partial charge in [0.25, 0.3) is 0 Å². The van der Waals surface area contributed by atoms with Crippen molar-refractivity contribution in [3.8, 4) is 0 Å². The summed E-state index contributed by atoms with van der Waals surface area (Å²) in [5.41, 5.74) is 0. The predicted octanol–water partition coefficient (Wildman–Crippen LogP) is 2.55.